The molecule has 0 aromatic heterocycles. The lowest BCUT2D eigenvalue weighted by Crippen LogP contribution is -2.50. The van der Waals surface area contributed by atoms with Crippen LogP contribution in [0.1, 0.15) is 39.0 Å². The maximum atomic E-state index is 11.1. The smallest absolute Gasteiger partial charge is 0.321 e. The molecule has 2 fully saturated rings. The van der Waals surface area contributed by atoms with Gasteiger partial charge >= 0.3 is 6.03 Å². The number of amides is 2. The fraction of sp³-hybridized carbons (Fsp3) is 0.800. The number of hydrogen-bond acceptors (Lipinski definition) is 2. The first kappa shape index (κ1) is 9.49. The number of carbonyl (C=O) groups is 1. The Bertz CT molecular complexity index is 271. The first-order valence-electron chi connectivity index (χ1n) is 5.31. The van der Waals surface area contributed by atoms with Crippen molar-refractivity contribution in [2.24, 2.45) is 5.92 Å². The molecular weight excluding hydrogens is 178 g/mol. The van der Waals surface area contributed by atoms with Gasteiger partial charge < -0.3 is 5.32 Å². The summed E-state index contributed by atoms with van der Waals surface area (Å²) in [6.45, 7) is 1.96. The first-order valence-corrected chi connectivity index (χ1v) is 5.31. The molecule has 1 unspecified atom stereocenters. The van der Waals surface area contributed by atoms with Crippen LogP contribution in [0.4, 0.5) is 4.79 Å². The molecule has 1 aliphatic carbocycles. The molecule has 4 heteroatoms. The van der Waals surface area contributed by atoms with Crippen molar-refractivity contribution >= 4 is 11.9 Å². The molecule has 1 saturated heterocycles. The van der Waals surface area contributed by atoms with Gasteiger partial charge in [-0.2, -0.15) is 0 Å². The van der Waals surface area contributed by atoms with Crippen molar-refractivity contribution in [2.75, 3.05) is 0 Å². The van der Waals surface area contributed by atoms with Crippen LogP contribution in [-0.2, 0) is 0 Å². The zero-order chi connectivity index (χ0) is 10.2. The van der Waals surface area contributed by atoms with Crippen molar-refractivity contribution in [1.29, 1.82) is 5.41 Å². The Morgan fingerprint density at radius 3 is 2.50 bits per heavy atom. The Morgan fingerprint density at radius 2 is 2.00 bits per heavy atom. The molecule has 0 spiro atoms. The molecule has 0 aromatic carbocycles. The summed E-state index contributed by atoms with van der Waals surface area (Å²) in [7, 11) is 0. The van der Waals surface area contributed by atoms with Crippen molar-refractivity contribution in [2.45, 2.75) is 44.6 Å². The third-order valence-corrected chi connectivity index (χ3v) is 3.55. The summed E-state index contributed by atoms with van der Waals surface area (Å²) in [5, 5.41) is 13.2. The summed E-state index contributed by atoms with van der Waals surface area (Å²) in [5.41, 5.74) is -0.433. The molecule has 78 valence electrons. The molecule has 0 aromatic rings. The first-order chi connectivity index (χ1) is 6.63. The van der Waals surface area contributed by atoms with Gasteiger partial charge in [-0.3, -0.25) is 10.7 Å². The van der Waals surface area contributed by atoms with Gasteiger partial charge in [-0.05, 0) is 25.7 Å². The molecule has 2 aliphatic rings. The highest BCUT2D eigenvalue weighted by Crippen LogP contribution is 2.34. The van der Waals surface area contributed by atoms with Crippen LogP contribution in [-0.4, -0.2) is 17.4 Å². The number of rotatable bonds is 1. The van der Waals surface area contributed by atoms with Crippen LogP contribution in [0.2, 0.25) is 0 Å². The number of hydrogen-bond donors (Lipinski definition) is 3. The van der Waals surface area contributed by atoms with Crippen LogP contribution in [0.5, 0.6) is 0 Å². The number of carbonyl (C=O) groups excluding carboxylic acids is 1. The monoisotopic (exact) mass is 195 g/mol. The Labute approximate surface area is 84.0 Å². The van der Waals surface area contributed by atoms with E-state index in [1.807, 2.05) is 6.92 Å². The Hall–Kier alpha value is -1.06. The van der Waals surface area contributed by atoms with Crippen LogP contribution in [0.3, 0.4) is 0 Å². The lowest BCUT2D eigenvalue weighted by molar-refractivity contribution is 0.225. The average Bonchev–Trinajstić information content (AvgIpc) is 2.43. The van der Waals surface area contributed by atoms with Crippen LogP contribution in [0.15, 0.2) is 0 Å². The molecule has 1 heterocycles. The summed E-state index contributed by atoms with van der Waals surface area (Å²) in [5.74, 6) is 0.775. The van der Waals surface area contributed by atoms with Crippen LogP contribution in [0, 0.1) is 11.3 Å². The highest BCUT2D eigenvalue weighted by atomic mass is 16.2. The number of nitrogens with one attached hydrogen (secondary N) is 3. The van der Waals surface area contributed by atoms with E-state index in [9.17, 15) is 4.79 Å². The molecule has 4 nitrogen and oxygen atoms in total. The molecule has 14 heavy (non-hydrogen) atoms. The normalized spacial score (nSPS) is 34.1. The van der Waals surface area contributed by atoms with E-state index < -0.39 is 5.54 Å². The Morgan fingerprint density at radius 1 is 1.36 bits per heavy atom. The van der Waals surface area contributed by atoms with Crippen LogP contribution < -0.4 is 10.6 Å². The zero-order valence-corrected chi connectivity index (χ0v) is 8.52. The average molecular weight is 195 g/mol. The summed E-state index contributed by atoms with van der Waals surface area (Å²) < 4.78 is 0. The molecule has 1 aliphatic heterocycles. The van der Waals surface area contributed by atoms with Gasteiger partial charge in [0.2, 0.25) is 0 Å². The third-order valence-electron chi connectivity index (χ3n) is 3.55. The fourth-order valence-corrected chi connectivity index (χ4v) is 2.56. The SMILES string of the molecule is CC1(C2CCCCC2)NC(=O)NC1=N. The van der Waals surface area contributed by atoms with Gasteiger partial charge in [0.15, 0.2) is 0 Å². The van der Waals surface area contributed by atoms with Crippen LogP contribution >= 0.6 is 0 Å². The minimum Gasteiger partial charge on any atom is -0.325 e. The van der Waals surface area contributed by atoms with Crippen molar-refractivity contribution in [3.63, 3.8) is 0 Å². The summed E-state index contributed by atoms with van der Waals surface area (Å²) >= 11 is 0. The van der Waals surface area contributed by atoms with Crippen molar-refractivity contribution in [1.82, 2.24) is 10.6 Å². The van der Waals surface area contributed by atoms with Gasteiger partial charge in [0.25, 0.3) is 0 Å². The second-order valence-electron chi connectivity index (χ2n) is 4.49. The molecule has 0 radical (unpaired) electrons. The zero-order valence-electron chi connectivity index (χ0n) is 8.52. The van der Waals surface area contributed by atoms with Gasteiger partial charge in [0.1, 0.15) is 5.84 Å². The Kier molecular flexibility index (Phi) is 2.21. The lowest BCUT2D eigenvalue weighted by Gasteiger charge is -2.35. The molecule has 2 rings (SSSR count). The van der Waals surface area contributed by atoms with Gasteiger partial charge in [-0.15, -0.1) is 0 Å². The van der Waals surface area contributed by atoms with Crippen molar-refractivity contribution in [3.05, 3.63) is 0 Å². The molecule has 1 atom stereocenters. The minimum absolute atomic E-state index is 0.219. The van der Waals surface area contributed by atoms with E-state index in [1.165, 1.54) is 19.3 Å². The Balaban J connectivity index is 2.14. The van der Waals surface area contributed by atoms with E-state index in [1.54, 1.807) is 0 Å². The second-order valence-corrected chi connectivity index (χ2v) is 4.49. The summed E-state index contributed by atoms with van der Waals surface area (Å²) in [6.07, 6.45) is 6.00. The molecular formula is C10H17N3O. The number of amidine groups is 1. The lowest BCUT2D eigenvalue weighted by atomic mass is 9.75. The standard InChI is InChI=1S/C10H17N3O/c1-10(7-5-3-2-4-6-7)8(11)12-9(14)13-10/h7H,2-6H2,1H3,(H3,11,12,13,14). The maximum Gasteiger partial charge on any atom is 0.321 e. The van der Waals surface area contributed by atoms with Gasteiger partial charge in [-0.25, -0.2) is 4.79 Å². The van der Waals surface area contributed by atoms with E-state index in [4.69, 9.17) is 5.41 Å². The second kappa shape index (κ2) is 3.26. The quantitative estimate of drug-likeness (QED) is 0.584. The summed E-state index contributed by atoms with van der Waals surface area (Å²) in [6, 6.07) is -0.219. The molecule has 2 amide bonds. The predicted octanol–water partition coefficient (Wildman–Crippen LogP) is 1.62. The summed E-state index contributed by atoms with van der Waals surface area (Å²) in [4.78, 5) is 11.1. The van der Waals surface area contributed by atoms with E-state index in [2.05, 4.69) is 10.6 Å². The van der Waals surface area contributed by atoms with E-state index in [0.717, 1.165) is 12.8 Å². The van der Waals surface area contributed by atoms with E-state index in [0.29, 0.717) is 11.8 Å². The fourth-order valence-electron chi connectivity index (χ4n) is 2.56. The van der Waals surface area contributed by atoms with Crippen molar-refractivity contribution < 1.29 is 4.79 Å². The van der Waals surface area contributed by atoms with Gasteiger partial charge in [0, 0.05) is 0 Å². The van der Waals surface area contributed by atoms with Gasteiger partial charge in [-0.1, -0.05) is 19.3 Å². The molecule has 0 bridgehead atoms. The molecule has 3 N–H and O–H groups in total. The molecule has 1 saturated carbocycles. The largest absolute Gasteiger partial charge is 0.325 e. The topological polar surface area (TPSA) is 65.0 Å². The van der Waals surface area contributed by atoms with E-state index in [-0.39, 0.29) is 6.03 Å². The van der Waals surface area contributed by atoms with Crippen LogP contribution in [0.25, 0.3) is 0 Å². The predicted molar refractivity (Wildman–Crippen MR) is 54.4 cm³/mol. The number of urea groups is 1. The minimum atomic E-state index is -0.433. The van der Waals surface area contributed by atoms with Gasteiger partial charge in [0.05, 0.1) is 5.54 Å². The highest BCUT2D eigenvalue weighted by Gasteiger charge is 2.45. The third kappa shape index (κ3) is 1.38. The highest BCUT2D eigenvalue weighted by molar-refractivity contribution is 6.08. The van der Waals surface area contributed by atoms with Crippen molar-refractivity contribution in [3.8, 4) is 0 Å². The van der Waals surface area contributed by atoms with E-state index >= 15 is 0 Å². The maximum absolute atomic E-state index is 11.1.